The third-order valence-electron chi connectivity index (χ3n) is 4.94. The summed E-state index contributed by atoms with van der Waals surface area (Å²) in [5.41, 5.74) is 3.37. The van der Waals surface area contributed by atoms with Gasteiger partial charge in [0.1, 0.15) is 5.75 Å². The molecule has 3 unspecified atom stereocenters. The maximum atomic E-state index is 12.7. The molecule has 0 bridgehead atoms. The Morgan fingerprint density at radius 3 is 2.64 bits per heavy atom. The molecule has 2 N–H and O–H groups in total. The van der Waals surface area contributed by atoms with Crippen LogP contribution in [0.2, 0.25) is 0 Å². The van der Waals surface area contributed by atoms with Crippen LogP contribution < -0.4 is 10.1 Å². The summed E-state index contributed by atoms with van der Waals surface area (Å²) in [6, 6.07) is 14.7. The summed E-state index contributed by atoms with van der Waals surface area (Å²) < 4.78 is 5.92. The van der Waals surface area contributed by atoms with Gasteiger partial charge in [-0.1, -0.05) is 31.2 Å². The Kier molecular flexibility index (Phi) is 5.65. The van der Waals surface area contributed by atoms with Crippen LogP contribution in [0.3, 0.4) is 0 Å². The third kappa shape index (κ3) is 4.32. The van der Waals surface area contributed by atoms with E-state index in [0.29, 0.717) is 17.7 Å². The predicted octanol–water partition coefficient (Wildman–Crippen LogP) is 3.97. The van der Waals surface area contributed by atoms with Gasteiger partial charge >= 0.3 is 5.97 Å². The minimum Gasteiger partial charge on any atom is -0.481 e. The normalized spacial score (nSPS) is 18.9. The Labute approximate surface area is 163 Å². The molecule has 28 heavy (non-hydrogen) atoms. The van der Waals surface area contributed by atoms with Crippen LogP contribution >= 0.6 is 0 Å². The number of fused-ring (bicyclic) bond motifs is 1. The number of hydrogen-bond acceptors (Lipinski definition) is 4. The van der Waals surface area contributed by atoms with Gasteiger partial charge in [-0.25, -0.2) is 0 Å². The van der Waals surface area contributed by atoms with Crippen LogP contribution in [0.4, 0.5) is 5.69 Å². The van der Waals surface area contributed by atoms with Crippen molar-refractivity contribution < 1.29 is 19.4 Å². The zero-order chi connectivity index (χ0) is 20.3. The molecular weight excluding hydrogens is 356 g/mol. The molecule has 0 aliphatic carbocycles. The van der Waals surface area contributed by atoms with E-state index in [4.69, 9.17) is 15.1 Å². The molecule has 0 spiro atoms. The number of benzene rings is 2. The lowest BCUT2D eigenvalue weighted by Gasteiger charge is -2.30. The summed E-state index contributed by atoms with van der Waals surface area (Å²) in [5.74, 6) is -1.00. The third-order valence-corrected chi connectivity index (χ3v) is 4.94. The number of amides is 1. The molecule has 1 aliphatic rings. The van der Waals surface area contributed by atoms with E-state index in [9.17, 15) is 9.59 Å². The minimum absolute atomic E-state index is 0.217. The van der Waals surface area contributed by atoms with Crippen LogP contribution in [0.15, 0.2) is 42.5 Å². The number of carboxylic acids is 1. The number of carboxylic acid groups (broad SMARTS) is 1. The minimum atomic E-state index is -1.02. The Bertz CT molecular complexity index is 931. The average molecular weight is 378 g/mol. The highest BCUT2D eigenvalue weighted by Crippen LogP contribution is 2.36. The molecule has 0 fully saturated rings. The molecule has 0 aromatic heterocycles. The topological polar surface area (TPSA) is 99.4 Å². The second-order valence-corrected chi connectivity index (χ2v) is 7.18. The van der Waals surface area contributed by atoms with Crippen LogP contribution in [0.1, 0.15) is 48.3 Å². The Hall–Kier alpha value is -3.33. The molecule has 6 nitrogen and oxygen atoms in total. The second kappa shape index (κ2) is 8.13. The van der Waals surface area contributed by atoms with Crippen molar-refractivity contribution in [3.05, 3.63) is 59.2 Å². The van der Waals surface area contributed by atoms with Crippen molar-refractivity contribution in [2.24, 2.45) is 0 Å². The summed E-state index contributed by atoms with van der Waals surface area (Å²) >= 11 is 0. The number of hydrogen-bond donors (Lipinski definition) is 2. The molecule has 6 heteroatoms. The molecule has 2 aromatic carbocycles. The second-order valence-electron chi connectivity index (χ2n) is 7.18. The fourth-order valence-corrected chi connectivity index (χ4v) is 3.39. The van der Waals surface area contributed by atoms with Gasteiger partial charge in [0.15, 0.2) is 6.10 Å². The first-order chi connectivity index (χ1) is 13.4. The van der Waals surface area contributed by atoms with Crippen LogP contribution in [0.25, 0.3) is 0 Å². The Morgan fingerprint density at radius 1 is 1.29 bits per heavy atom. The molecule has 1 amide bonds. The highest BCUT2D eigenvalue weighted by Gasteiger charge is 2.30. The molecule has 0 saturated heterocycles. The van der Waals surface area contributed by atoms with Crippen LogP contribution in [-0.4, -0.2) is 23.1 Å². The smallest absolute Gasteiger partial charge is 0.305 e. The summed E-state index contributed by atoms with van der Waals surface area (Å²) in [6.45, 7) is 4.06. The molecule has 0 saturated carbocycles. The van der Waals surface area contributed by atoms with Gasteiger partial charge in [0, 0.05) is 12.1 Å². The summed E-state index contributed by atoms with van der Waals surface area (Å²) in [6.07, 6.45) is -0.243. The van der Waals surface area contributed by atoms with Crippen molar-refractivity contribution in [3.8, 4) is 11.8 Å². The molecule has 1 heterocycles. The first-order valence-corrected chi connectivity index (χ1v) is 9.17. The van der Waals surface area contributed by atoms with Crippen molar-refractivity contribution in [1.29, 1.82) is 5.26 Å². The lowest BCUT2D eigenvalue weighted by molar-refractivity contribution is -0.137. The summed E-state index contributed by atoms with van der Waals surface area (Å²) in [4.78, 5) is 23.5. The van der Waals surface area contributed by atoms with Gasteiger partial charge in [0.25, 0.3) is 5.91 Å². The van der Waals surface area contributed by atoms with E-state index >= 15 is 0 Å². The number of ether oxygens (including phenoxy) is 1. The van der Waals surface area contributed by atoms with E-state index in [2.05, 4.69) is 12.2 Å². The first-order valence-electron chi connectivity index (χ1n) is 9.17. The largest absolute Gasteiger partial charge is 0.481 e. The van der Waals surface area contributed by atoms with Crippen molar-refractivity contribution in [1.82, 2.24) is 0 Å². The maximum Gasteiger partial charge on any atom is 0.305 e. The van der Waals surface area contributed by atoms with Gasteiger partial charge in [-0.15, -0.1) is 0 Å². The van der Waals surface area contributed by atoms with Crippen LogP contribution in [-0.2, 0) is 9.59 Å². The van der Waals surface area contributed by atoms with Gasteiger partial charge in [-0.2, -0.15) is 5.26 Å². The number of nitriles is 1. The van der Waals surface area contributed by atoms with Crippen molar-refractivity contribution in [3.63, 3.8) is 0 Å². The summed E-state index contributed by atoms with van der Waals surface area (Å²) in [5, 5.41) is 20.9. The predicted molar refractivity (Wildman–Crippen MR) is 104 cm³/mol. The number of aryl methyl sites for hydroxylation is 1. The van der Waals surface area contributed by atoms with Gasteiger partial charge < -0.3 is 15.2 Å². The van der Waals surface area contributed by atoms with E-state index in [1.165, 1.54) is 0 Å². The Morgan fingerprint density at radius 2 is 2.00 bits per heavy atom. The first kappa shape index (κ1) is 19.4. The highest BCUT2D eigenvalue weighted by atomic mass is 16.5. The van der Waals surface area contributed by atoms with E-state index in [1.54, 1.807) is 24.3 Å². The lowest BCUT2D eigenvalue weighted by atomic mass is 9.90. The molecule has 144 valence electrons. The zero-order valence-corrected chi connectivity index (χ0v) is 15.8. The van der Waals surface area contributed by atoms with Crippen LogP contribution in [0.5, 0.6) is 5.75 Å². The van der Waals surface area contributed by atoms with Crippen LogP contribution in [0, 0.1) is 18.3 Å². The molecule has 0 radical (unpaired) electrons. The molecular formula is C22H22N2O4. The fraction of sp³-hybridized carbons (Fsp3) is 0.318. The SMILES string of the molecule is Cc1ccc2c(c1)OC(C(=O)Nc1ccc(C(C#N)CC(=O)O)cc1)CC2C. The van der Waals surface area contributed by atoms with E-state index in [-0.39, 0.29) is 18.2 Å². The molecule has 1 aliphatic heterocycles. The van der Waals surface area contributed by atoms with Gasteiger partial charge in [0.2, 0.25) is 0 Å². The number of anilines is 1. The van der Waals surface area contributed by atoms with E-state index < -0.39 is 18.0 Å². The molecule has 3 atom stereocenters. The summed E-state index contributed by atoms with van der Waals surface area (Å²) in [7, 11) is 0. The van der Waals surface area contributed by atoms with E-state index in [1.807, 2.05) is 31.2 Å². The quantitative estimate of drug-likeness (QED) is 0.820. The van der Waals surface area contributed by atoms with Crippen molar-refractivity contribution in [2.45, 2.75) is 44.6 Å². The number of aliphatic carboxylic acids is 1. The fourth-order valence-electron chi connectivity index (χ4n) is 3.39. The van der Waals surface area contributed by atoms with Gasteiger partial charge in [-0.3, -0.25) is 9.59 Å². The van der Waals surface area contributed by atoms with Gasteiger partial charge in [0.05, 0.1) is 18.4 Å². The number of carbonyl (C=O) groups excluding carboxylic acids is 1. The van der Waals surface area contributed by atoms with E-state index in [0.717, 1.165) is 16.9 Å². The standard InChI is InChI=1S/C22H22N2O4/c1-13-3-8-18-14(2)10-20(28-19(18)9-13)22(27)24-17-6-4-15(5-7-17)16(12-23)11-21(25)26/h3-9,14,16,20H,10-11H2,1-2H3,(H,24,27)(H,25,26). The van der Waals surface area contributed by atoms with Crippen molar-refractivity contribution >= 4 is 17.6 Å². The number of nitrogens with zero attached hydrogens (tertiary/aromatic N) is 1. The van der Waals surface area contributed by atoms with Crippen molar-refractivity contribution in [2.75, 3.05) is 5.32 Å². The molecule has 2 aromatic rings. The monoisotopic (exact) mass is 378 g/mol. The maximum absolute atomic E-state index is 12.7. The van der Waals surface area contributed by atoms with Gasteiger partial charge in [-0.05, 0) is 47.7 Å². The zero-order valence-electron chi connectivity index (χ0n) is 15.8. The lowest BCUT2D eigenvalue weighted by Crippen LogP contribution is -2.36. The highest BCUT2D eigenvalue weighted by molar-refractivity contribution is 5.94. The Balaban J connectivity index is 1.68. The molecule has 3 rings (SSSR count). The number of nitrogens with one attached hydrogen (secondary N) is 1. The average Bonchev–Trinajstić information content (AvgIpc) is 2.66. The number of carbonyl (C=O) groups is 2. The number of rotatable bonds is 5.